The number of hydrogen-bond acceptors (Lipinski definition) is 5. The Morgan fingerprint density at radius 2 is 1.92 bits per heavy atom. The van der Waals surface area contributed by atoms with E-state index in [9.17, 15) is 9.18 Å². The molecule has 1 heterocycles. The molecule has 3 aromatic rings. The van der Waals surface area contributed by atoms with Crippen molar-refractivity contribution in [3.8, 4) is 11.3 Å². The third-order valence-electron chi connectivity index (χ3n) is 3.87. The largest absolute Gasteiger partial charge is 0.373 e. The Balaban J connectivity index is 1.74. The van der Waals surface area contributed by atoms with Crippen LogP contribution in [0, 0.1) is 5.82 Å². The predicted molar refractivity (Wildman–Crippen MR) is 98.6 cm³/mol. The van der Waals surface area contributed by atoms with Crippen LogP contribution < -0.4 is 16.8 Å². The van der Waals surface area contributed by atoms with E-state index in [1.165, 1.54) is 12.1 Å². The lowest BCUT2D eigenvalue weighted by Crippen LogP contribution is -2.37. The molecule has 0 saturated heterocycles. The summed E-state index contributed by atoms with van der Waals surface area (Å²) in [6.07, 6.45) is 1.88. The van der Waals surface area contributed by atoms with Crippen molar-refractivity contribution in [2.75, 3.05) is 11.1 Å². The molecule has 6 nitrogen and oxygen atoms in total. The fourth-order valence-electron chi connectivity index (χ4n) is 2.60. The first-order valence-corrected chi connectivity index (χ1v) is 8.00. The van der Waals surface area contributed by atoms with E-state index < -0.39 is 11.9 Å². The smallest absolute Gasteiger partial charge is 0.240 e. The highest BCUT2D eigenvalue weighted by Gasteiger charge is 2.16. The quantitative estimate of drug-likeness (QED) is 0.632. The van der Waals surface area contributed by atoms with Gasteiger partial charge in [0.05, 0.1) is 5.69 Å². The Labute approximate surface area is 150 Å². The van der Waals surface area contributed by atoms with Crippen LogP contribution in [0.5, 0.6) is 0 Å². The number of nitrogens with two attached hydrogens (primary N) is 2. The van der Waals surface area contributed by atoms with Gasteiger partial charge < -0.3 is 16.8 Å². The molecular formula is C19H18FN5O. The number of nitrogen functional groups attached to an aromatic ring is 1. The van der Waals surface area contributed by atoms with E-state index >= 15 is 0 Å². The zero-order valence-electron chi connectivity index (χ0n) is 13.9. The minimum absolute atomic E-state index is 0.202. The number of rotatable bonds is 6. The van der Waals surface area contributed by atoms with Gasteiger partial charge in [0, 0.05) is 23.9 Å². The lowest BCUT2D eigenvalue weighted by Gasteiger charge is -2.17. The zero-order chi connectivity index (χ0) is 18.5. The van der Waals surface area contributed by atoms with Gasteiger partial charge in [-0.3, -0.25) is 4.79 Å². The van der Waals surface area contributed by atoms with Crippen LogP contribution in [0.1, 0.15) is 5.56 Å². The van der Waals surface area contributed by atoms with Crippen molar-refractivity contribution in [2.24, 2.45) is 5.73 Å². The normalized spacial score (nSPS) is 11.7. The predicted octanol–water partition coefficient (Wildman–Crippen LogP) is 2.37. The van der Waals surface area contributed by atoms with Crippen LogP contribution in [0.25, 0.3) is 11.3 Å². The lowest BCUT2D eigenvalue weighted by atomic mass is 10.0. The van der Waals surface area contributed by atoms with Crippen molar-refractivity contribution in [1.82, 2.24) is 9.97 Å². The molecule has 5 N–H and O–H groups in total. The van der Waals surface area contributed by atoms with E-state index in [2.05, 4.69) is 15.3 Å². The molecule has 0 aliphatic rings. The summed E-state index contributed by atoms with van der Waals surface area (Å²) in [5.41, 5.74) is 14.1. The molecule has 0 fully saturated rings. The molecule has 3 rings (SSSR count). The second-order valence-electron chi connectivity index (χ2n) is 5.81. The fourth-order valence-corrected chi connectivity index (χ4v) is 2.60. The third-order valence-corrected chi connectivity index (χ3v) is 3.87. The van der Waals surface area contributed by atoms with Gasteiger partial charge in [0.1, 0.15) is 11.9 Å². The third kappa shape index (κ3) is 4.32. The first kappa shape index (κ1) is 17.3. The topological polar surface area (TPSA) is 107 Å². The van der Waals surface area contributed by atoms with Crippen molar-refractivity contribution in [2.45, 2.75) is 12.5 Å². The molecule has 0 radical (unpaired) electrons. The van der Waals surface area contributed by atoms with Gasteiger partial charge in [-0.2, -0.15) is 0 Å². The Bertz CT molecular complexity index is 914. The molecule has 1 aromatic heterocycles. The number of halogens is 1. The number of carbonyl (C=O) groups excluding carboxylic acids is 1. The summed E-state index contributed by atoms with van der Waals surface area (Å²) in [5, 5.41) is 3.08. The molecule has 0 saturated carbocycles. The molecule has 0 spiro atoms. The van der Waals surface area contributed by atoms with Crippen molar-refractivity contribution < 1.29 is 9.18 Å². The molecule has 1 amide bonds. The van der Waals surface area contributed by atoms with E-state index in [1.54, 1.807) is 24.4 Å². The van der Waals surface area contributed by atoms with E-state index in [0.717, 1.165) is 11.3 Å². The Hall–Kier alpha value is -3.48. The number of primary amides is 1. The number of carbonyl (C=O) groups is 1. The second kappa shape index (κ2) is 7.60. The van der Waals surface area contributed by atoms with Gasteiger partial charge >= 0.3 is 0 Å². The minimum atomic E-state index is -0.655. The summed E-state index contributed by atoms with van der Waals surface area (Å²) in [6, 6.07) is 14.5. The van der Waals surface area contributed by atoms with E-state index in [0.29, 0.717) is 11.3 Å². The lowest BCUT2D eigenvalue weighted by molar-refractivity contribution is -0.118. The van der Waals surface area contributed by atoms with Gasteiger partial charge in [-0.15, -0.1) is 0 Å². The summed E-state index contributed by atoms with van der Waals surface area (Å²) in [6.45, 7) is 0. The van der Waals surface area contributed by atoms with Gasteiger partial charge in [-0.1, -0.05) is 24.3 Å². The van der Waals surface area contributed by atoms with Crippen molar-refractivity contribution in [3.63, 3.8) is 0 Å². The summed E-state index contributed by atoms with van der Waals surface area (Å²) < 4.78 is 13.3. The molecule has 0 aliphatic carbocycles. The first-order valence-electron chi connectivity index (χ1n) is 8.00. The van der Waals surface area contributed by atoms with Crippen LogP contribution in [-0.2, 0) is 11.2 Å². The molecule has 7 heteroatoms. The molecule has 26 heavy (non-hydrogen) atoms. The standard InChI is InChI=1S/C19H18FN5O/c20-14-3-1-2-12(10-14)11-17(18(21)26)24-15-6-4-13(5-7-15)16-8-9-23-19(22)25-16/h1-10,17,24H,11H2,(H2,21,26)(H2,22,23,25)/t17-/m1/s1. The zero-order valence-corrected chi connectivity index (χ0v) is 13.9. The molecule has 132 valence electrons. The van der Waals surface area contributed by atoms with E-state index in [-0.39, 0.29) is 18.2 Å². The highest BCUT2D eigenvalue weighted by Crippen LogP contribution is 2.20. The van der Waals surface area contributed by atoms with Gasteiger partial charge in [-0.25, -0.2) is 14.4 Å². The number of hydrogen-bond donors (Lipinski definition) is 3. The fraction of sp³-hybridized carbons (Fsp3) is 0.105. The molecule has 2 aromatic carbocycles. The van der Waals surface area contributed by atoms with Crippen molar-refractivity contribution in [1.29, 1.82) is 0 Å². The summed E-state index contributed by atoms with van der Waals surface area (Å²) in [4.78, 5) is 19.8. The highest BCUT2D eigenvalue weighted by molar-refractivity contribution is 5.83. The number of amides is 1. The molecule has 1 atom stereocenters. The van der Waals surface area contributed by atoms with Crippen LogP contribution in [0.15, 0.2) is 60.8 Å². The molecule has 0 unspecified atom stereocenters. The number of aromatic nitrogens is 2. The van der Waals surface area contributed by atoms with E-state index in [4.69, 9.17) is 11.5 Å². The number of nitrogens with zero attached hydrogens (tertiary/aromatic N) is 2. The Morgan fingerprint density at radius 1 is 1.15 bits per heavy atom. The molecule has 0 bridgehead atoms. The van der Waals surface area contributed by atoms with Crippen LogP contribution in [0.4, 0.5) is 16.0 Å². The van der Waals surface area contributed by atoms with Crippen LogP contribution in [-0.4, -0.2) is 21.9 Å². The van der Waals surface area contributed by atoms with Gasteiger partial charge in [0.2, 0.25) is 11.9 Å². The average Bonchev–Trinajstić information content (AvgIpc) is 2.62. The van der Waals surface area contributed by atoms with Crippen LogP contribution in [0.2, 0.25) is 0 Å². The average molecular weight is 351 g/mol. The Kier molecular flexibility index (Phi) is 5.07. The molecular weight excluding hydrogens is 333 g/mol. The first-order chi connectivity index (χ1) is 12.5. The minimum Gasteiger partial charge on any atom is -0.373 e. The summed E-state index contributed by atoms with van der Waals surface area (Å²) in [7, 11) is 0. The van der Waals surface area contributed by atoms with Crippen molar-refractivity contribution in [3.05, 3.63) is 72.2 Å². The summed E-state index contributed by atoms with van der Waals surface area (Å²) >= 11 is 0. The SMILES string of the molecule is NC(=O)[C@@H](Cc1cccc(F)c1)Nc1ccc(-c2ccnc(N)n2)cc1. The maximum absolute atomic E-state index is 13.3. The second-order valence-corrected chi connectivity index (χ2v) is 5.81. The van der Waals surface area contributed by atoms with Gasteiger partial charge in [0.15, 0.2) is 0 Å². The molecule has 0 aliphatic heterocycles. The number of nitrogens with one attached hydrogen (secondary N) is 1. The van der Waals surface area contributed by atoms with Gasteiger partial charge in [0.25, 0.3) is 0 Å². The van der Waals surface area contributed by atoms with Crippen molar-refractivity contribution >= 4 is 17.5 Å². The maximum atomic E-state index is 13.3. The monoisotopic (exact) mass is 351 g/mol. The van der Waals surface area contributed by atoms with Gasteiger partial charge in [-0.05, 0) is 35.9 Å². The van der Waals surface area contributed by atoms with Crippen LogP contribution >= 0.6 is 0 Å². The summed E-state index contributed by atoms with van der Waals surface area (Å²) in [5.74, 6) is -0.658. The number of benzene rings is 2. The Morgan fingerprint density at radius 3 is 2.58 bits per heavy atom. The maximum Gasteiger partial charge on any atom is 0.240 e. The van der Waals surface area contributed by atoms with E-state index in [1.807, 2.05) is 24.3 Å². The highest BCUT2D eigenvalue weighted by atomic mass is 19.1. The number of anilines is 2. The van der Waals surface area contributed by atoms with Crippen LogP contribution in [0.3, 0.4) is 0 Å².